The molecule has 0 aliphatic rings. The second-order valence-electron chi connectivity index (χ2n) is 4.75. The molecule has 1 atom stereocenters. The second kappa shape index (κ2) is 6.90. The van der Waals surface area contributed by atoms with Gasteiger partial charge in [-0.25, -0.2) is 4.98 Å². The number of rotatable bonds is 5. The largest absolute Gasteiger partial charge is 0.310 e. The van der Waals surface area contributed by atoms with Crippen LogP contribution in [0.3, 0.4) is 0 Å². The molecular formula is C15H18Cl2N2S. The van der Waals surface area contributed by atoms with E-state index in [-0.39, 0.29) is 0 Å². The summed E-state index contributed by atoms with van der Waals surface area (Å²) >= 11 is 13.9. The minimum Gasteiger partial charge on any atom is -0.310 e. The normalized spacial score (nSPS) is 12.7. The summed E-state index contributed by atoms with van der Waals surface area (Å²) in [6, 6.07) is 5.95. The van der Waals surface area contributed by atoms with Crippen LogP contribution in [0.2, 0.25) is 10.0 Å². The Kier molecular flexibility index (Phi) is 5.44. The number of halogens is 2. The van der Waals surface area contributed by atoms with Crippen LogP contribution in [-0.4, -0.2) is 11.5 Å². The Hall–Kier alpha value is -0.610. The number of hydrogen-bond donors (Lipinski definition) is 1. The van der Waals surface area contributed by atoms with Crippen LogP contribution >= 0.6 is 34.5 Å². The van der Waals surface area contributed by atoms with Gasteiger partial charge in [-0.1, -0.05) is 36.2 Å². The summed E-state index contributed by atoms with van der Waals surface area (Å²) in [5.74, 6) is 0. The predicted octanol–water partition coefficient (Wildman–Crippen LogP) is 5.02. The summed E-state index contributed by atoms with van der Waals surface area (Å²) in [5, 5.41) is 5.88. The molecule has 1 aromatic carbocycles. The molecule has 0 radical (unpaired) electrons. The van der Waals surface area contributed by atoms with Gasteiger partial charge in [0.25, 0.3) is 0 Å². The molecule has 0 amide bonds. The average molecular weight is 329 g/mol. The molecule has 1 heterocycles. The Morgan fingerprint density at radius 1 is 1.35 bits per heavy atom. The molecule has 0 spiro atoms. The lowest BCUT2D eigenvalue weighted by atomic mass is 10.1. The van der Waals surface area contributed by atoms with Crippen LogP contribution in [0.15, 0.2) is 18.2 Å². The second-order valence-corrected chi connectivity index (χ2v) is 6.71. The SMILES string of the molecule is CCNC(C)c1sc(Cc2ccc(Cl)cc2Cl)nc1C. The van der Waals surface area contributed by atoms with E-state index in [0.29, 0.717) is 16.1 Å². The van der Waals surface area contributed by atoms with Gasteiger partial charge in [0.1, 0.15) is 0 Å². The van der Waals surface area contributed by atoms with Gasteiger partial charge in [0.05, 0.1) is 10.7 Å². The fourth-order valence-electron chi connectivity index (χ4n) is 2.17. The zero-order chi connectivity index (χ0) is 14.7. The van der Waals surface area contributed by atoms with Crippen LogP contribution in [-0.2, 0) is 6.42 Å². The van der Waals surface area contributed by atoms with E-state index in [1.807, 2.05) is 12.1 Å². The molecule has 5 heteroatoms. The highest BCUT2D eigenvalue weighted by Gasteiger charge is 2.14. The lowest BCUT2D eigenvalue weighted by molar-refractivity contribution is 0.603. The third-order valence-corrected chi connectivity index (χ3v) is 5.06. The molecule has 0 aliphatic carbocycles. The predicted molar refractivity (Wildman–Crippen MR) is 88.2 cm³/mol. The first-order valence-electron chi connectivity index (χ1n) is 6.64. The average Bonchev–Trinajstić information content (AvgIpc) is 2.74. The highest BCUT2D eigenvalue weighted by molar-refractivity contribution is 7.11. The maximum Gasteiger partial charge on any atom is 0.0975 e. The summed E-state index contributed by atoms with van der Waals surface area (Å²) in [6.45, 7) is 7.30. The van der Waals surface area contributed by atoms with E-state index in [9.17, 15) is 0 Å². The van der Waals surface area contributed by atoms with E-state index in [0.717, 1.165) is 29.2 Å². The Morgan fingerprint density at radius 3 is 2.75 bits per heavy atom. The number of nitrogens with zero attached hydrogens (tertiary/aromatic N) is 1. The van der Waals surface area contributed by atoms with Crippen LogP contribution in [0.4, 0.5) is 0 Å². The van der Waals surface area contributed by atoms with Gasteiger partial charge in [-0.05, 0) is 38.1 Å². The minimum atomic E-state index is 0.340. The molecule has 0 fully saturated rings. The van der Waals surface area contributed by atoms with Gasteiger partial charge in [0, 0.05) is 27.4 Å². The van der Waals surface area contributed by atoms with Crippen molar-refractivity contribution < 1.29 is 0 Å². The monoisotopic (exact) mass is 328 g/mol. The molecule has 1 aromatic heterocycles. The molecular weight excluding hydrogens is 311 g/mol. The van der Waals surface area contributed by atoms with Crippen molar-refractivity contribution in [1.82, 2.24) is 10.3 Å². The van der Waals surface area contributed by atoms with Gasteiger partial charge >= 0.3 is 0 Å². The standard InChI is InChI=1S/C15H18Cl2N2S/c1-4-18-9(2)15-10(3)19-14(20-15)7-11-5-6-12(16)8-13(11)17/h5-6,8-9,18H,4,7H2,1-3H3. The van der Waals surface area contributed by atoms with Crippen molar-refractivity contribution in [2.45, 2.75) is 33.2 Å². The summed E-state index contributed by atoms with van der Waals surface area (Å²) in [5.41, 5.74) is 2.16. The highest BCUT2D eigenvalue weighted by Crippen LogP contribution is 2.29. The number of hydrogen-bond acceptors (Lipinski definition) is 3. The molecule has 0 aliphatic heterocycles. The van der Waals surface area contributed by atoms with Crippen molar-refractivity contribution in [3.63, 3.8) is 0 Å². The third-order valence-electron chi connectivity index (χ3n) is 3.14. The highest BCUT2D eigenvalue weighted by atomic mass is 35.5. The van der Waals surface area contributed by atoms with Crippen molar-refractivity contribution in [1.29, 1.82) is 0 Å². The van der Waals surface area contributed by atoms with Crippen LogP contribution in [0.25, 0.3) is 0 Å². The van der Waals surface area contributed by atoms with Gasteiger partial charge in [-0.15, -0.1) is 11.3 Å². The molecule has 108 valence electrons. The zero-order valence-electron chi connectivity index (χ0n) is 11.8. The van der Waals surface area contributed by atoms with Crippen molar-refractivity contribution >= 4 is 34.5 Å². The Labute approximate surface area is 134 Å². The van der Waals surface area contributed by atoms with Gasteiger partial charge in [-0.3, -0.25) is 0 Å². The van der Waals surface area contributed by atoms with Crippen molar-refractivity contribution in [2.24, 2.45) is 0 Å². The van der Waals surface area contributed by atoms with Crippen molar-refractivity contribution in [3.05, 3.63) is 49.4 Å². The molecule has 2 rings (SSSR count). The Bertz CT molecular complexity index is 596. The van der Waals surface area contributed by atoms with E-state index >= 15 is 0 Å². The minimum absolute atomic E-state index is 0.340. The van der Waals surface area contributed by atoms with E-state index in [1.165, 1.54) is 4.88 Å². The number of aromatic nitrogens is 1. The number of benzene rings is 1. The fraction of sp³-hybridized carbons (Fsp3) is 0.400. The summed E-state index contributed by atoms with van der Waals surface area (Å²) < 4.78 is 0. The molecule has 1 unspecified atom stereocenters. The lowest BCUT2D eigenvalue weighted by Gasteiger charge is -2.09. The fourth-order valence-corrected chi connectivity index (χ4v) is 3.76. The van der Waals surface area contributed by atoms with Gasteiger partial charge in [-0.2, -0.15) is 0 Å². The summed E-state index contributed by atoms with van der Waals surface area (Å²) in [6.07, 6.45) is 0.750. The third kappa shape index (κ3) is 3.73. The van der Waals surface area contributed by atoms with E-state index < -0.39 is 0 Å². The van der Waals surface area contributed by atoms with E-state index in [1.54, 1.807) is 17.4 Å². The van der Waals surface area contributed by atoms with E-state index in [4.69, 9.17) is 23.2 Å². The van der Waals surface area contributed by atoms with Crippen LogP contribution in [0, 0.1) is 6.92 Å². The molecule has 1 N–H and O–H groups in total. The van der Waals surface area contributed by atoms with Crippen molar-refractivity contribution in [2.75, 3.05) is 6.54 Å². The van der Waals surface area contributed by atoms with Gasteiger partial charge < -0.3 is 5.32 Å². The molecule has 0 bridgehead atoms. The number of nitrogens with one attached hydrogen (secondary N) is 1. The van der Waals surface area contributed by atoms with Crippen molar-refractivity contribution in [3.8, 4) is 0 Å². The topological polar surface area (TPSA) is 24.9 Å². The Morgan fingerprint density at radius 2 is 2.10 bits per heavy atom. The van der Waals surface area contributed by atoms with Crippen LogP contribution in [0.1, 0.15) is 41.0 Å². The number of thiazole rings is 1. The smallest absolute Gasteiger partial charge is 0.0975 e. The molecule has 20 heavy (non-hydrogen) atoms. The maximum absolute atomic E-state index is 6.22. The van der Waals surface area contributed by atoms with E-state index in [2.05, 4.69) is 31.1 Å². The van der Waals surface area contributed by atoms with Gasteiger partial charge in [0.15, 0.2) is 0 Å². The first kappa shape index (κ1) is 15.8. The first-order chi connectivity index (χ1) is 9.51. The lowest BCUT2D eigenvalue weighted by Crippen LogP contribution is -2.17. The summed E-state index contributed by atoms with van der Waals surface area (Å²) in [4.78, 5) is 5.96. The molecule has 2 nitrogen and oxygen atoms in total. The molecule has 0 saturated carbocycles. The molecule has 0 saturated heterocycles. The first-order valence-corrected chi connectivity index (χ1v) is 8.22. The maximum atomic E-state index is 6.22. The van der Waals surface area contributed by atoms with Gasteiger partial charge in [0.2, 0.25) is 0 Å². The van der Waals surface area contributed by atoms with Crippen LogP contribution < -0.4 is 5.32 Å². The van der Waals surface area contributed by atoms with Crippen LogP contribution in [0.5, 0.6) is 0 Å². The molecule has 2 aromatic rings. The quantitative estimate of drug-likeness (QED) is 0.833. The Balaban J connectivity index is 2.20. The number of aryl methyl sites for hydroxylation is 1. The zero-order valence-corrected chi connectivity index (χ0v) is 14.2. The summed E-state index contributed by atoms with van der Waals surface area (Å²) in [7, 11) is 0.